The zero-order valence-electron chi connectivity index (χ0n) is 8.63. The molecule has 0 radical (unpaired) electrons. The molecule has 0 aromatic heterocycles. The molecule has 1 atom stereocenters. The molecule has 0 bridgehead atoms. The first kappa shape index (κ1) is 11.7. The van der Waals surface area contributed by atoms with Crippen LogP contribution in [0.25, 0.3) is 6.08 Å². The molecule has 0 saturated carbocycles. The number of aliphatic hydroxyl groups excluding tert-OH is 2. The molecule has 0 aliphatic heterocycles. The Morgan fingerprint density at radius 2 is 2.07 bits per heavy atom. The summed E-state index contributed by atoms with van der Waals surface area (Å²) in [4.78, 5) is 0. The third kappa shape index (κ3) is 3.35. The van der Waals surface area contributed by atoms with Crippen LogP contribution < -0.4 is 0 Å². The molecule has 2 N–H and O–H groups in total. The minimum Gasteiger partial charge on any atom is -0.392 e. The number of aliphatic hydroxyl groups is 2. The summed E-state index contributed by atoms with van der Waals surface area (Å²) in [6, 6.07) is 7.94. The Labute approximate surface area is 90.2 Å². The number of hydrogen-bond donors (Lipinski definition) is 2. The molecule has 0 fully saturated rings. The SMILES string of the molecule is C=CCO.O[C@@H]1CC=Cc2ccccc21. The fraction of sp³-hybridized carbons (Fsp3) is 0.231. The van der Waals surface area contributed by atoms with E-state index in [1.807, 2.05) is 30.3 Å². The van der Waals surface area contributed by atoms with Crippen LogP contribution in [-0.2, 0) is 0 Å². The van der Waals surface area contributed by atoms with E-state index < -0.39 is 0 Å². The van der Waals surface area contributed by atoms with E-state index in [-0.39, 0.29) is 12.7 Å². The summed E-state index contributed by atoms with van der Waals surface area (Å²) < 4.78 is 0. The standard InChI is InChI=1S/C10H10O.C3H6O/c11-10-7-3-5-8-4-1-2-6-9(8)10;1-2-3-4/h1-6,10-11H,7H2;2,4H,1,3H2/t10-;/m1./s1. The summed E-state index contributed by atoms with van der Waals surface area (Å²) in [5.41, 5.74) is 2.20. The van der Waals surface area contributed by atoms with Crippen molar-refractivity contribution in [1.29, 1.82) is 0 Å². The predicted molar refractivity (Wildman–Crippen MR) is 62.3 cm³/mol. The molecule has 15 heavy (non-hydrogen) atoms. The third-order valence-corrected chi connectivity index (χ3v) is 2.14. The van der Waals surface area contributed by atoms with Crippen LogP contribution in [-0.4, -0.2) is 16.8 Å². The van der Waals surface area contributed by atoms with Crippen molar-refractivity contribution in [1.82, 2.24) is 0 Å². The van der Waals surface area contributed by atoms with Crippen molar-refractivity contribution in [3.63, 3.8) is 0 Å². The van der Waals surface area contributed by atoms with Gasteiger partial charge >= 0.3 is 0 Å². The maximum atomic E-state index is 9.51. The Bertz CT molecular complexity index is 342. The van der Waals surface area contributed by atoms with Crippen molar-refractivity contribution in [2.75, 3.05) is 6.61 Å². The maximum absolute atomic E-state index is 9.51. The second kappa shape index (κ2) is 6.17. The summed E-state index contributed by atoms with van der Waals surface area (Å²) >= 11 is 0. The molecule has 0 saturated heterocycles. The number of hydrogen-bond acceptors (Lipinski definition) is 2. The summed E-state index contributed by atoms with van der Waals surface area (Å²) in [5.74, 6) is 0. The lowest BCUT2D eigenvalue weighted by molar-refractivity contribution is 0.180. The summed E-state index contributed by atoms with van der Waals surface area (Å²) in [5, 5.41) is 17.3. The van der Waals surface area contributed by atoms with Gasteiger partial charge in [0.25, 0.3) is 0 Å². The van der Waals surface area contributed by atoms with Crippen LogP contribution in [0.4, 0.5) is 0 Å². The normalized spacial score (nSPS) is 17.3. The van der Waals surface area contributed by atoms with Gasteiger partial charge in [0.1, 0.15) is 0 Å². The molecule has 1 aliphatic carbocycles. The largest absolute Gasteiger partial charge is 0.392 e. The average Bonchev–Trinajstić information content (AvgIpc) is 2.30. The first-order valence-corrected chi connectivity index (χ1v) is 4.95. The van der Waals surface area contributed by atoms with Crippen molar-refractivity contribution in [2.24, 2.45) is 0 Å². The molecule has 0 unspecified atom stereocenters. The minimum atomic E-state index is -0.295. The highest BCUT2D eigenvalue weighted by molar-refractivity contribution is 5.56. The second-order valence-corrected chi connectivity index (χ2v) is 3.25. The second-order valence-electron chi connectivity index (χ2n) is 3.25. The van der Waals surface area contributed by atoms with Crippen molar-refractivity contribution in [2.45, 2.75) is 12.5 Å². The van der Waals surface area contributed by atoms with Crippen LogP contribution in [0, 0.1) is 0 Å². The highest BCUT2D eigenvalue weighted by Crippen LogP contribution is 2.26. The van der Waals surface area contributed by atoms with Gasteiger partial charge in [-0.2, -0.15) is 0 Å². The Kier molecular flexibility index (Phi) is 4.81. The highest BCUT2D eigenvalue weighted by atomic mass is 16.3. The lowest BCUT2D eigenvalue weighted by Gasteiger charge is -2.15. The Morgan fingerprint density at radius 3 is 2.67 bits per heavy atom. The van der Waals surface area contributed by atoms with E-state index in [4.69, 9.17) is 5.11 Å². The molecule has 2 heteroatoms. The van der Waals surface area contributed by atoms with Crippen LogP contribution in [0.3, 0.4) is 0 Å². The first-order valence-electron chi connectivity index (χ1n) is 4.95. The van der Waals surface area contributed by atoms with Crippen molar-refractivity contribution in [3.05, 3.63) is 54.1 Å². The molecule has 1 aromatic rings. The molecule has 0 amide bonds. The number of rotatable bonds is 1. The van der Waals surface area contributed by atoms with Gasteiger partial charge in [-0.05, 0) is 17.5 Å². The Morgan fingerprint density at radius 1 is 1.40 bits per heavy atom. The average molecular weight is 204 g/mol. The third-order valence-electron chi connectivity index (χ3n) is 2.14. The van der Waals surface area contributed by atoms with Crippen LogP contribution in [0.1, 0.15) is 23.7 Å². The lowest BCUT2D eigenvalue weighted by atomic mass is 9.95. The van der Waals surface area contributed by atoms with Gasteiger partial charge in [-0.1, -0.05) is 42.5 Å². The summed E-state index contributed by atoms with van der Waals surface area (Å²) in [7, 11) is 0. The molecule has 80 valence electrons. The topological polar surface area (TPSA) is 40.5 Å². The molecule has 2 rings (SSSR count). The fourth-order valence-electron chi connectivity index (χ4n) is 1.42. The van der Waals surface area contributed by atoms with E-state index in [1.54, 1.807) is 0 Å². The molecular weight excluding hydrogens is 188 g/mol. The van der Waals surface area contributed by atoms with Gasteiger partial charge in [0, 0.05) is 0 Å². The smallest absolute Gasteiger partial charge is 0.0830 e. The van der Waals surface area contributed by atoms with Gasteiger partial charge in [-0.15, -0.1) is 6.58 Å². The van der Waals surface area contributed by atoms with E-state index >= 15 is 0 Å². The van der Waals surface area contributed by atoms with E-state index in [0.29, 0.717) is 0 Å². The van der Waals surface area contributed by atoms with Gasteiger partial charge in [-0.3, -0.25) is 0 Å². The molecule has 0 spiro atoms. The first-order chi connectivity index (χ1) is 7.29. The van der Waals surface area contributed by atoms with E-state index in [9.17, 15) is 5.11 Å². The predicted octanol–water partition coefficient (Wildman–Crippen LogP) is 2.30. The van der Waals surface area contributed by atoms with Gasteiger partial charge < -0.3 is 10.2 Å². The monoisotopic (exact) mass is 204 g/mol. The number of fused-ring (bicyclic) bond motifs is 1. The van der Waals surface area contributed by atoms with Gasteiger partial charge in [0.05, 0.1) is 12.7 Å². The van der Waals surface area contributed by atoms with Crippen LogP contribution in [0.2, 0.25) is 0 Å². The van der Waals surface area contributed by atoms with Crippen molar-refractivity contribution < 1.29 is 10.2 Å². The van der Waals surface area contributed by atoms with Crippen molar-refractivity contribution >= 4 is 6.08 Å². The van der Waals surface area contributed by atoms with Crippen LogP contribution in [0.15, 0.2) is 43.0 Å². The van der Waals surface area contributed by atoms with Gasteiger partial charge in [0.15, 0.2) is 0 Å². The highest BCUT2D eigenvalue weighted by Gasteiger charge is 2.11. The Hall–Kier alpha value is -1.38. The zero-order chi connectivity index (χ0) is 11.1. The van der Waals surface area contributed by atoms with E-state index in [1.165, 1.54) is 6.08 Å². The van der Waals surface area contributed by atoms with E-state index in [0.717, 1.165) is 17.5 Å². The summed E-state index contributed by atoms with van der Waals surface area (Å²) in [6.45, 7) is 3.31. The van der Waals surface area contributed by atoms with Crippen molar-refractivity contribution in [3.8, 4) is 0 Å². The van der Waals surface area contributed by atoms with Gasteiger partial charge in [-0.25, -0.2) is 0 Å². The fourth-order valence-corrected chi connectivity index (χ4v) is 1.42. The molecule has 1 aromatic carbocycles. The minimum absolute atomic E-state index is 0.0833. The molecule has 0 heterocycles. The summed E-state index contributed by atoms with van der Waals surface area (Å²) in [6.07, 6.45) is 5.95. The molecular formula is C13H16O2. The zero-order valence-corrected chi connectivity index (χ0v) is 8.63. The lowest BCUT2D eigenvalue weighted by Crippen LogP contribution is -2.01. The van der Waals surface area contributed by atoms with Gasteiger partial charge in [0.2, 0.25) is 0 Å². The Balaban J connectivity index is 0.000000245. The quantitative estimate of drug-likeness (QED) is 0.689. The molecule has 2 nitrogen and oxygen atoms in total. The van der Waals surface area contributed by atoms with Crippen LogP contribution >= 0.6 is 0 Å². The van der Waals surface area contributed by atoms with Crippen LogP contribution in [0.5, 0.6) is 0 Å². The van der Waals surface area contributed by atoms with E-state index in [2.05, 4.69) is 12.7 Å². The molecule has 1 aliphatic rings. The maximum Gasteiger partial charge on any atom is 0.0830 e. The number of benzene rings is 1.